The second-order valence-electron chi connectivity index (χ2n) is 29.2. The van der Waals surface area contributed by atoms with E-state index >= 15 is 8.78 Å². The zero-order valence-corrected chi connectivity index (χ0v) is 60.4. The van der Waals surface area contributed by atoms with Gasteiger partial charge >= 0.3 is 0 Å². The zero-order chi connectivity index (χ0) is 74.9. The minimum atomic E-state index is -1.12. The molecule has 0 spiro atoms. The number of fused-ring (bicyclic) bond motifs is 2. The summed E-state index contributed by atoms with van der Waals surface area (Å²) in [5, 5.41) is 12.8. The first-order valence-corrected chi connectivity index (χ1v) is 36.4. The molecular formula is C82H80F2N12O11. The summed E-state index contributed by atoms with van der Waals surface area (Å²) in [6.07, 6.45) is 5.23. The maximum absolute atomic E-state index is 15.4. The summed E-state index contributed by atoms with van der Waals surface area (Å²) in [7, 11) is 0. The van der Waals surface area contributed by atoms with Gasteiger partial charge in [-0.2, -0.15) is 0 Å². The Morgan fingerprint density at radius 2 is 0.972 bits per heavy atom. The molecule has 8 heterocycles. The lowest BCUT2D eigenvalue weighted by atomic mass is 10.00. The van der Waals surface area contributed by atoms with Gasteiger partial charge in [-0.05, 0) is 180 Å². The fourth-order valence-corrected chi connectivity index (χ4v) is 15.7. The molecule has 8 aliphatic rings. The summed E-state index contributed by atoms with van der Waals surface area (Å²) in [6, 6.07) is 33.0. The van der Waals surface area contributed by atoms with Crippen LogP contribution in [0, 0.1) is 66.3 Å². The van der Waals surface area contributed by atoms with E-state index in [1.165, 1.54) is 17.0 Å². The Morgan fingerprint density at radius 3 is 1.39 bits per heavy atom. The Kier molecular flexibility index (Phi) is 18.9. The summed E-state index contributed by atoms with van der Waals surface area (Å²) in [5.74, 6) is -3.43. The summed E-state index contributed by atoms with van der Waals surface area (Å²) in [6.45, 7) is 31.6. The molecule has 6 aromatic carbocycles. The molecule has 23 nitrogen and oxygen atoms in total. The first-order chi connectivity index (χ1) is 51.5. The molecule has 2 N–H and O–H groups in total. The van der Waals surface area contributed by atoms with Crippen molar-refractivity contribution in [1.82, 2.24) is 30.7 Å². The van der Waals surface area contributed by atoms with Crippen molar-refractivity contribution in [3.63, 3.8) is 0 Å². The SMILES string of the molecule is [C-]#[N+]C1(c2ccc(N(CCCOC3CN(c4cc5c(cc4F)C(=O)N(C4CCC(=O)NC4=O)C5)C3)c3cc(-c4c(C)noc4C)ccc3C)cc2)CC1.[C-]#[N+]C1(c2ccc(N(CCCOC3CN(c4cc5c(cc4F)C(=O)N(C4CCC(=O)NC4=O)C5=O)C3)c3cc(-c4c(C)noc4C)ccc3C)cc2)CC1. The highest BCUT2D eigenvalue weighted by atomic mass is 19.1. The summed E-state index contributed by atoms with van der Waals surface area (Å²) in [5.41, 5.74) is 14.9. The predicted molar refractivity (Wildman–Crippen MR) is 393 cm³/mol. The number of hydrogen-bond donors (Lipinski definition) is 2. The number of anilines is 6. The van der Waals surface area contributed by atoms with Crippen LogP contribution in [0.4, 0.5) is 42.9 Å². The summed E-state index contributed by atoms with van der Waals surface area (Å²) in [4.78, 5) is 106. The van der Waals surface area contributed by atoms with Crippen molar-refractivity contribution in [2.24, 2.45) is 0 Å². The molecule has 0 bridgehead atoms. The molecule has 107 heavy (non-hydrogen) atoms. The number of carbonyl (C=O) groups is 7. The van der Waals surface area contributed by atoms with Gasteiger partial charge in [0.25, 0.3) is 28.8 Å². The average Bonchev–Trinajstić information content (AvgIpc) is 1.63. The van der Waals surface area contributed by atoms with E-state index in [2.05, 4.69) is 139 Å². The summed E-state index contributed by atoms with van der Waals surface area (Å²) >= 11 is 0. The fourth-order valence-electron chi connectivity index (χ4n) is 15.7. The van der Waals surface area contributed by atoms with Crippen LogP contribution in [0.3, 0.4) is 0 Å². The molecule has 6 fully saturated rings. The van der Waals surface area contributed by atoms with Gasteiger partial charge in [0, 0.05) is 148 Å². The Bertz CT molecular complexity index is 5000. The minimum absolute atomic E-state index is 0.00473. The standard InChI is InChI=1S/C41H39FN6O6.C41H41FN6O5/c1-23-6-7-26(37-24(2)45-54-25(37)3)18-34(23)47(28-10-8-27(9-11-28)41(43-4)14-15-41)16-5-17-53-29-21-46(22-29)35-20-31-30(19-32(35)42)39(51)48(40(31)52)33-12-13-36(49)44-38(33)50;1-24-6-7-27(38-25(2)45-53-26(38)3)18-35(24)47(30-10-8-29(9-11-30)41(43-4)14-15-41)16-5-17-52-31-22-46(23-31)36-19-28-21-48(40(51)32(28)20-33(36)42)34-12-13-37(49)44-39(34)50/h6-11,18-20,29,33H,5,12-17,21-22H2,1-3H3,(H,44,49,50);6-11,18-20,31,34H,5,12-17,21-23H2,1-3H3,(H,44,49,50). The maximum atomic E-state index is 15.4. The van der Waals surface area contributed by atoms with E-state index in [0.717, 1.165) is 133 Å². The Labute approximate surface area is 617 Å². The van der Waals surface area contributed by atoms with Crippen molar-refractivity contribution in [2.45, 2.75) is 148 Å². The second-order valence-corrected chi connectivity index (χ2v) is 29.2. The third kappa shape index (κ3) is 13.6. The third-order valence-corrected chi connectivity index (χ3v) is 22.2. The van der Waals surface area contributed by atoms with E-state index < -0.39 is 64.7 Å². The Hall–Kier alpha value is -11.4. The molecule has 16 rings (SSSR count). The predicted octanol–water partition coefficient (Wildman–Crippen LogP) is 12.7. The number of hydrogen-bond acceptors (Lipinski definition) is 17. The molecule has 8 aromatic rings. The fraction of sp³-hybridized carbons (Fsp3) is 0.378. The smallest absolute Gasteiger partial charge is 0.262 e. The van der Waals surface area contributed by atoms with Crippen LogP contribution in [-0.2, 0) is 46.3 Å². The van der Waals surface area contributed by atoms with E-state index in [1.54, 1.807) is 11.0 Å². The van der Waals surface area contributed by atoms with Crippen LogP contribution in [0.1, 0.15) is 146 Å². The average molecular weight is 1450 g/mol. The lowest BCUT2D eigenvalue weighted by molar-refractivity contribution is -0.138. The maximum Gasteiger partial charge on any atom is 0.262 e. The number of nitrogens with one attached hydrogen (secondary N) is 2. The minimum Gasteiger partial charge on any atom is -0.374 e. The van der Waals surface area contributed by atoms with Crippen molar-refractivity contribution in [2.75, 3.05) is 72.1 Å². The molecule has 2 atom stereocenters. The van der Waals surface area contributed by atoms with Gasteiger partial charge in [0.2, 0.25) is 23.6 Å². The van der Waals surface area contributed by atoms with Gasteiger partial charge in [-0.25, -0.2) is 21.9 Å². The summed E-state index contributed by atoms with van der Waals surface area (Å²) < 4.78 is 54.1. The molecule has 548 valence electrons. The van der Waals surface area contributed by atoms with Gasteiger partial charge in [-0.3, -0.25) is 49.1 Å². The highest BCUT2D eigenvalue weighted by molar-refractivity contribution is 6.24. The van der Waals surface area contributed by atoms with Gasteiger partial charge in [-0.1, -0.05) is 34.6 Å². The van der Waals surface area contributed by atoms with Crippen LogP contribution in [0.5, 0.6) is 0 Å². The number of amides is 7. The van der Waals surface area contributed by atoms with E-state index in [-0.39, 0.29) is 78.3 Å². The molecule has 2 unspecified atom stereocenters. The molecule has 2 saturated carbocycles. The zero-order valence-electron chi connectivity index (χ0n) is 60.4. The van der Waals surface area contributed by atoms with Gasteiger partial charge in [0.05, 0.1) is 46.1 Å². The van der Waals surface area contributed by atoms with Crippen molar-refractivity contribution >= 4 is 75.5 Å². The highest BCUT2D eigenvalue weighted by Crippen LogP contribution is 2.52. The van der Waals surface area contributed by atoms with Crippen LogP contribution in [0.2, 0.25) is 0 Å². The van der Waals surface area contributed by atoms with Crippen LogP contribution in [0.15, 0.2) is 118 Å². The van der Waals surface area contributed by atoms with Crippen LogP contribution < -0.4 is 30.2 Å². The monoisotopic (exact) mass is 1450 g/mol. The number of aryl methyl sites for hydroxylation is 6. The molecule has 25 heteroatoms. The number of ether oxygens (including phenoxy) is 2. The number of rotatable bonds is 22. The molecule has 7 amide bonds. The van der Waals surface area contributed by atoms with Crippen LogP contribution in [-0.4, -0.2) is 138 Å². The Balaban J connectivity index is 0.000000171. The number of benzene rings is 6. The van der Waals surface area contributed by atoms with Gasteiger partial charge < -0.3 is 52.7 Å². The van der Waals surface area contributed by atoms with E-state index in [0.29, 0.717) is 70.2 Å². The topological polar surface area (TPSA) is 242 Å². The molecule has 4 saturated heterocycles. The largest absolute Gasteiger partial charge is 0.374 e. The molecule has 2 aliphatic carbocycles. The lowest BCUT2D eigenvalue weighted by Gasteiger charge is -2.41. The van der Waals surface area contributed by atoms with E-state index in [4.69, 9.17) is 31.7 Å². The van der Waals surface area contributed by atoms with Crippen LogP contribution >= 0.6 is 0 Å². The number of carbonyl (C=O) groups excluding carboxylic acids is 7. The van der Waals surface area contributed by atoms with Crippen molar-refractivity contribution in [3.05, 3.63) is 211 Å². The number of aromatic nitrogens is 2. The van der Waals surface area contributed by atoms with Crippen molar-refractivity contribution < 1.29 is 60.9 Å². The third-order valence-electron chi connectivity index (χ3n) is 22.2. The van der Waals surface area contributed by atoms with E-state index in [9.17, 15) is 33.6 Å². The van der Waals surface area contributed by atoms with Gasteiger partial charge in [0.15, 0.2) is 0 Å². The first kappa shape index (κ1) is 71.2. The van der Waals surface area contributed by atoms with Crippen molar-refractivity contribution in [1.29, 1.82) is 0 Å². The van der Waals surface area contributed by atoms with Crippen LogP contribution in [0.25, 0.3) is 31.9 Å². The van der Waals surface area contributed by atoms with Gasteiger partial charge in [-0.15, -0.1) is 0 Å². The number of piperidine rings is 2. The first-order valence-electron chi connectivity index (χ1n) is 36.4. The second kappa shape index (κ2) is 28.5. The lowest BCUT2D eigenvalue weighted by Crippen LogP contribution is -2.54. The van der Waals surface area contributed by atoms with E-state index in [1.807, 2.05) is 32.6 Å². The molecule has 2 aromatic heterocycles. The molecular weight excluding hydrogens is 1370 g/mol. The van der Waals surface area contributed by atoms with Gasteiger partial charge in [0.1, 0.15) is 35.2 Å². The molecule has 0 radical (unpaired) electrons. The number of nitrogens with zero attached hydrogens (tertiary/aromatic N) is 10. The number of imide groups is 3. The highest BCUT2D eigenvalue weighted by Gasteiger charge is 2.54. The number of halogens is 2. The Morgan fingerprint density at radius 1 is 0.542 bits per heavy atom. The quantitative estimate of drug-likeness (QED) is 0.0364. The molecule has 6 aliphatic heterocycles. The normalized spacial score (nSPS) is 19.1. The van der Waals surface area contributed by atoms with Crippen molar-refractivity contribution in [3.8, 4) is 22.3 Å².